The van der Waals surface area contributed by atoms with Gasteiger partial charge in [-0.15, -0.1) is 11.3 Å². The summed E-state index contributed by atoms with van der Waals surface area (Å²) in [5.41, 5.74) is 7.31. The van der Waals surface area contributed by atoms with Crippen molar-refractivity contribution >= 4 is 43.0 Å². The number of thiophene rings is 1. The Morgan fingerprint density at radius 3 is 2.03 bits per heavy atom. The molecule has 0 spiro atoms. The maximum Gasteiger partial charge on any atom is 0.0781 e. The Labute approximate surface area is 227 Å². The topological polar surface area (TPSA) is 12.9 Å². The first-order chi connectivity index (χ1) is 18.7. The van der Waals surface area contributed by atoms with Gasteiger partial charge in [0.2, 0.25) is 0 Å². The van der Waals surface area contributed by atoms with Gasteiger partial charge in [0.1, 0.15) is 0 Å². The number of hydrogen-bond acceptors (Lipinski definition) is 2. The lowest BCUT2D eigenvalue weighted by Gasteiger charge is -2.14. The fourth-order valence-corrected chi connectivity index (χ4v) is 6.79. The van der Waals surface area contributed by atoms with Crippen LogP contribution in [0.25, 0.3) is 64.5 Å². The number of rotatable bonds is 4. The summed E-state index contributed by atoms with van der Waals surface area (Å²) in [4.78, 5) is 6.24. The maximum atomic E-state index is 4.95. The van der Waals surface area contributed by atoms with Gasteiger partial charge in [-0.3, -0.25) is 4.98 Å². The molecule has 0 fully saturated rings. The predicted octanol–water partition coefficient (Wildman–Crippen LogP) is 10.7. The van der Waals surface area contributed by atoms with Gasteiger partial charge in [-0.05, 0) is 68.6 Å². The molecule has 0 radical (unpaired) electrons. The lowest BCUT2D eigenvalue weighted by atomic mass is 9.91. The van der Waals surface area contributed by atoms with Crippen molar-refractivity contribution in [2.75, 3.05) is 0 Å². The highest BCUT2D eigenvalue weighted by atomic mass is 32.1. The van der Waals surface area contributed by atoms with Crippen molar-refractivity contribution in [3.63, 3.8) is 0 Å². The second kappa shape index (κ2) is 9.24. The number of pyridine rings is 1. The monoisotopic (exact) mass is 505 g/mol. The van der Waals surface area contributed by atoms with Crippen molar-refractivity contribution in [1.82, 2.24) is 4.98 Å². The van der Waals surface area contributed by atoms with Crippen LogP contribution in [0, 0.1) is 0 Å². The lowest BCUT2D eigenvalue weighted by Crippen LogP contribution is -1.92. The minimum absolute atomic E-state index is 0.478. The van der Waals surface area contributed by atoms with E-state index in [9.17, 15) is 0 Å². The Balaban J connectivity index is 1.50. The third kappa shape index (κ3) is 3.81. The molecule has 0 unspecified atom stereocenters. The second-order valence-electron chi connectivity index (χ2n) is 10.2. The largest absolute Gasteiger partial charge is 0.256 e. The zero-order valence-corrected chi connectivity index (χ0v) is 22.3. The molecule has 2 heterocycles. The Morgan fingerprint density at radius 1 is 0.553 bits per heavy atom. The third-order valence-electron chi connectivity index (χ3n) is 7.51. The van der Waals surface area contributed by atoms with E-state index < -0.39 is 0 Å². The molecule has 38 heavy (non-hydrogen) atoms. The number of aromatic nitrogens is 1. The highest BCUT2D eigenvalue weighted by Gasteiger charge is 2.16. The first-order valence-electron chi connectivity index (χ1n) is 13.2. The van der Waals surface area contributed by atoms with Crippen molar-refractivity contribution in [1.29, 1.82) is 0 Å². The average molecular weight is 506 g/mol. The third-order valence-corrected chi connectivity index (χ3v) is 8.64. The fraction of sp³-hybridized carbons (Fsp3) is 0.0833. The van der Waals surface area contributed by atoms with Gasteiger partial charge in [-0.2, -0.15) is 0 Å². The first kappa shape index (κ1) is 22.9. The van der Waals surface area contributed by atoms with Crippen molar-refractivity contribution in [3.05, 3.63) is 127 Å². The summed E-state index contributed by atoms with van der Waals surface area (Å²) in [5, 5.41) is 6.37. The number of nitrogens with zero attached hydrogens (tertiary/aromatic N) is 1. The highest BCUT2D eigenvalue weighted by molar-refractivity contribution is 7.22. The lowest BCUT2D eigenvalue weighted by molar-refractivity contribution is 0.876. The molecule has 5 aromatic carbocycles. The summed E-state index contributed by atoms with van der Waals surface area (Å²) in [6.07, 6.45) is 1.97. The Kier molecular flexibility index (Phi) is 5.56. The summed E-state index contributed by atoms with van der Waals surface area (Å²) >= 11 is 1.85. The molecular formula is C36H27NS. The molecule has 0 aliphatic rings. The van der Waals surface area contributed by atoms with Crippen LogP contribution in [0.2, 0.25) is 0 Å². The molecule has 2 heteroatoms. The van der Waals surface area contributed by atoms with Crippen molar-refractivity contribution in [3.8, 4) is 32.8 Å². The van der Waals surface area contributed by atoms with E-state index in [2.05, 4.69) is 129 Å². The number of fused-ring (bicyclic) bond motifs is 4. The molecular weight excluding hydrogens is 478 g/mol. The van der Waals surface area contributed by atoms with Crippen LogP contribution in [0.3, 0.4) is 0 Å². The molecule has 2 aromatic heterocycles. The van der Waals surface area contributed by atoms with E-state index in [1.165, 1.54) is 58.8 Å². The Bertz CT molecular complexity index is 1930. The average Bonchev–Trinajstić information content (AvgIpc) is 3.41. The van der Waals surface area contributed by atoms with Gasteiger partial charge in [0.25, 0.3) is 0 Å². The Morgan fingerprint density at radius 2 is 1.26 bits per heavy atom. The summed E-state index contributed by atoms with van der Waals surface area (Å²) in [6, 6.07) is 41.8. The first-order valence-corrected chi connectivity index (χ1v) is 14.0. The second-order valence-corrected chi connectivity index (χ2v) is 11.3. The summed E-state index contributed by atoms with van der Waals surface area (Å²) in [5.74, 6) is 0.478. The maximum absolute atomic E-state index is 4.95. The van der Waals surface area contributed by atoms with Crippen LogP contribution in [0.15, 0.2) is 121 Å². The number of hydrogen-bond donors (Lipinski definition) is 0. The van der Waals surface area contributed by atoms with Crippen molar-refractivity contribution < 1.29 is 0 Å². The normalized spacial score (nSPS) is 11.7. The van der Waals surface area contributed by atoms with Gasteiger partial charge >= 0.3 is 0 Å². The van der Waals surface area contributed by atoms with Crippen LogP contribution in [-0.4, -0.2) is 4.98 Å². The van der Waals surface area contributed by atoms with E-state index in [-0.39, 0.29) is 0 Å². The SMILES string of the molecule is CC(C)c1cccc2c1ccc1c(-c3cc(-c4ccccc4)c4cc(-c5ccccc5)sc4c3)nccc12. The quantitative estimate of drug-likeness (QED) is 0.217. The standard InChI is InChI=1S/C36H27NS/c1-23(2)27-14-9-15-28-29(27)16-17-31-30(28)18-19-37-36(31)26-20-32(24-10-5-3-6-11-24)33-22-34(38-35(33)21-26)25-12-7-4-8-13-25/h3-23H,1-2H3. The van der Waals surface area contributed by atoms with Crippen molar-refractivity contribution in [2.24, 2.45) is 0 Å². The number of benzene rings is 5. The molecule has 0 atom stereocenters. The van der Waals surface area contributed by atoms with Crippen LogP contribution in [-0.2, 0) is 0 Å². The van der Waals surface area contributed by atoms with Crippen LogP contribution in [0.4, 0.5) is 0 Å². The zero-order valence-electron chi connectivity index (χ0n) is 21.5. The molecule has 0 bridgehead atoms. The molecule has 0 aliphatic carbocycles. The molecule has 0 amide bonds. The summed E-state index contributed by atoms with van der Waals surface area (Å²) < 4.78 is 1.28. The van der Waals surface area contributed by atoms with E-state index in [0.717, 1.165) is 11.3 Å². The van der Waals surface area contributed by atoms with E-state index >= 15 is 0 Å². The fourth-order valence-electron chi connectivity index (χ4n) is 5.66. The van der Waals surface area contributed by atoms with E-state index in [1.807, 2.05) is 17.5 Å². The van der Waals surface area contributed by atoms with Gasteiger partial charge in [-0.1, -0.05) is 105 Å². The molecule has 0 saturated heterocycles. The van der Waals surface area contributed by atoms with Gasteiger partial charge in [0.05, 0.1) is 5.69 Å². The molecule has 1 nitrogen and oxygen atoms in total. The van der Waals surface area contributed by atoms with E-state index in [4.69, 9.17) is 4.98 Å². The highest BCUT2D eigenvalue weighted by Crippen LogP contribution is 2.43. The van der Waals surface area contributed by atoms with Crippen LogP contribution in [0.1, 0.15) is 25.3 Å². The van der Waals surface area contributed by atoms with Crippen LogP contribution >= 0.6 is 11.3 Å². The van der Waals surface area contributed by atoms with Crippen LogP contribution in [0.5, 0.6) is 0 Å². The minimum Gasteiger partial charge on any atom is -0.256 e. The van der Waals surface area contributed by atoms with Gasteiger partial charge in [0.15, 0.2) is 0 Å². The van der Waals surface area contributed by atoms with Crippen LogP contribution < -0.4 is 0 Å². The van der Waals surface area contributed by atoms with E-state index in [1.54, 1.807) is 0 Å². The minimum atomic E-state index is 0.478. The van der Waals surface area contributed by atoms with Gasteiger partial charge < -0.3 is 0 Å². The summed E-state index contributed by atoms with van der Waals surface area (Å²) in [7, 11) is 0. The molecule has 0 saturated carbocycles. The zero-order chi connectivity index (χ0) is 25.6. The molecule has 0 N–H and O–H groups in total. The molecule has 0 aliphatic heterocycles. The molecule has 7 aromatic rings. The summed E-state index contributed by atoms with van der Waals surface area (Å²) in [6.45, 7) is 4.53. The molecule has 7 rings (SSSR count). The van der Waals surface area contributed by atoms with Crippen molar-refractivity contribution in [2.45, 2.75) is 19.8 Å². The predicted molar refractivity (Wildman–Crippen MR) is 165 cm³/mol. The smallest absolute Gasteiger partial charge is 0.0781 e. The van der Waals surface area contributed by atoms with E-state index in [0.29, 0.717) is 5.92 Å². The van der Waals surface area contributed by atoms with Gasteiger partial charge in [0, 0.05) is 32.1 Å². The van der Waals surface area contributed by atoms with Gasteiger partial charge in [-0.25, -0.2) is 0 Å². The molecule has 182 valence electrons. The Hall–Kier alpha value is -4.27.